The Balaban J connectivity index is 2.07. The van der Waals surface area contributed by atoms with Gasteiger partial charge in [0, 0.05) is 43.3 Å². The van der Waals surface area contributed by atoms with Gasteiger partial charge >= 0.3 is 0 Å². The van der Waals surface area contributed by atoms with E-state index in [0.29, 0.717) is 25.4 Å². The van der Waals surface area contributed by atoms with E-state index in [1.54, 1.807) is 19.4 Å². The predicted molar refractivity (Wildman–Crippen MR) is 93.1 cm³/mol. The molecular weight excluding hydrogens is 306 g/mol. The monoisotopic (exact) mass is 331 g/mol. The maximum atomic E-state index is 11.9. The fraction of sp³-hybridized carbons (Fsp3) is 0.471. The topological polar surface area (TPSA) is 81.1 Å². The van der Waals surface area contributed by atoms with Crippen molar-refractivity contribution in [1.82, 2.24) is 20.1 Å². The number of anilines is 1. The van der Waals surface area contributed by atoms with Crippen molar-refractivity contribution >= 4 is 11.6 Å². The minimum Gasteiger partial charge on any atom is -0.383 e. The maximum absolute atomic E-state index is 11.9. The van der Waals surface area contributed by atoms with E-state index in [4.69, 9.17) is 4.74 Å². The molecule has 2 heterocycles. The highest BCUT2D eigenvalue weighted by atomic mass is 16.5. The third-order valence-corrected chi connectivity index (χ3v) is 3.84. The molecule has 2 aromatic heterocycles. The number of nitrogens with zero attached hydrogens (tertiary/aromatic N) is 3. The average molecular weight is 331 g/mol. The summed E-state index contributed by atoms with van der Waals surface area (Å²) in [6.07, 6.45) is 1.63. The third kappa shape index (κ3) is 4.32. The van der Waals surface area contributed by atoms with E-state index in [9.17, 15) is 4.79 Å². The number of aromatic nitrogens is 3. The van der Waals surface area contributed by atoms with Gasteiger partial charge in [-0.05, 0) is 32.9 Å². The van der Waals surface area contributed by atoms with Gasteiger partial charge in [0.05, 0.1) is 18.8 Å². The van der Waals surface area contributed by atoms with Crippen molar-refractivity contribution in [2.45, 2.75) is 33.9 Å². The molecule has 0 aliphatic rings. The lowest BCUT2D eigenvalue weighted by atomic mass is 10.2. The Morgan fingerprint density at radius 2 is 2.17 bits per heavy atom. The third-order valence-electron chi connectivity index (χ3n) is 3.84. The molecule has 2 rings (SSSR count). The molecule has 7 heteroatoms. The number of amides is 1. The zero-order valence-electron chi connectivity index (χ0n) is 14.7. The van der Waals surface area contributed by atoms with E-state index in [-0.39, 0.29) is 5.91 Å². The first-order valence-corrected chi connectivity index (χ1v) is 8.06. The first kappa shape index (κ1) is 17.9. The summed E-state index contributed by atoms with van der Waals surface area (Å²) in [6.45, 7) is 8.53. The first-order chi connectivity index (χ1) is 11.6. The van der Waals surface area contributed by atoms with Crippen molar-refractivity contribution < 1.29 is 9.53 Å². The van der Waals surface area contributed by atoms with E-state index in [1.807, 2.05) is 24.6 Å². The SMILES string of the molecule is CCNC(=O)c1cc(NCc2c(C)nn(CCOC)c2C)ccn1. The van der Waals surface area contributed by atoms with Crippen LogP contribution >= 0.6 is 0 Å². The fourth-order valence-corrected chi connectivity index (χ4v) is 2.49. The summed E-state index contributed by atoms with van der Waals surface area (Å²) in [4.78, 5) is 16.0. The molecule has 0 atom stereocenters. The summed E-state index contributed by atoms with van der Waals surface area (Å²) in [5.74, 6) is -0.166. The Morgan fingerprint density at radius 3 is 2.88 bits per heavy atom. The van der Waals surface area contributed by atoms with Gasteiger partial charge in [-0.2, -0.15) is 5.10 Å². The lowest BCUT2D eigenvalue weighted by Crippen LogP contribution is -2.23. The van der Waals surface area contributed by atoms with Gasteiger partial charge in [0.25, 0.3) is 5.91 Å². The molecule has 0 unspecified atom stereocenters. The molecule has 0 spiro atoms. The van der Waals surface area contributed by atoms with E-state index >= 15 is 0 Å². The van der Waals surface area contributed by atoms with Crippen LogP contribution in [0.1, 0.15) is 34.4 Å². The van der Waals surface area contributed by atoms with Crippen LogP contribution in [0.2, 0.25) is 0 Å². The number of ether oxygens (including phenoxy) is 1. The number of carbonyl (C=O) groups excluding carboxylic acids is 1. The Bertz CT molecular complexity index is 696. The standard InChI is InChI=1S/C17H25N5O2/c1-5-18-17(23)16-10-14(6-7-19-16)20-11-15-12(2)21-22(13(15)3)8-9-24-4/h6-7,10H,5,8-9,11H2,1-4H3,(H,18,23)(H,19,20). The molecule has 0 fully saturated rings. The van der Waals surface area contributed by atoms with E-state index < -0.39 is 0 Å². The van der Waals surface area contributed by atoms with Crippen LogP contribution in [0.4, 0.5) is 5.69 Å². The molecule has 0 aliphatic carbocycles. The van der Waals surface area contributed by atoms with Crippen LogP contribution in [0.15, 0.2) is 18.3 Å². The molecule has 0 saturated carbocycles. The largest absolute Gasteiger partial charge is 0.383 e. The molecule has 130 valence electrons. The number of nitrogens with one attached hydrogen (secondary N) is 2. The van der Waals surface area contributed by atoms with Crippen LogP contribution < -0.4 is 10.6 Å². The molecule has 0 aromatic carbocycles. The smallest absolute Gasteiger partial charge is 0.269 e. The van der Waals surface area contributed by atoms with Gasteiger partial charge in [0.1, 0.15) is 5.69 Å². The minimum atomic E-state index is -0.166. The van der Waals surface area contributed by atoms with Gasteiger partial charge in [0.15, 0.2) is 0 Å². The number of rotatable bonds is 8. The average Bonchev–Trinajstić information content (AvgIpc) is 2.85. The number of carbonyl (C=O) groups is 1. The zero-order chi connectivity index (χ0) is 17.5. The highest BCUT2D eigenvalue weighted by Crippen LogP contribution is 2.16. The molecule has 1 amide bonds. The van der Waals surface area contributed by atoms with Gasteiger partial charge < -0.3 is 15.4 Å². The molecule has 0 bridgehead atoms. The molecule has 2 aromatic rings. The molecule has 2 N–H and O–H groups in total. The Labute approximate surface area is 142 Å². The van der Waals surface area contributed by atoms with Crippen molar-refractivity contribution in [2.24, 2.45) is 0 Å². The van der Waals surface area contributed by atoms with Gasteiger partial charge in [-0.25, -0.2) is 0 Å². The van der Waals surface area contributed by atoms with Crippen molar-refractivity contribution in [2.75, 3.05) is 25.6 Å². The van der Waals surface area contributed by atoms with Gasteiger partial charge in [-0.15, -0.1) is 0 Å². The zero-order valence-corrected chi connectivity index (χ0v) is 14.7. The fourth-order valence-electron chi connectivity index (χ4n) is 2.49. The highest BCUT2D eigenvalue weighted by molar-refractivity contribution is 5.93. The minimum absolute atomic E-state index is 0.166. The van der Waals surface area contributed by atoms with Crippen LogP contribution in [0.25, 0.3) is 0 Å². The Kier molecular flexibility index (Phi) is 6.31. The van der Waals surface area contributed by atoms with Crippen LogP contribution in [-0.2, 0) is 17.8 Å². The maximum Gasteiger partial charge on any atom is 0.269 e. The summed E-state index contributed by atoms with van der Waals surface area (Å²) in [5.41, 5.74) is 4.53. The van der Waals surface area contributed by atoms with Gasteiger partial charge in [0.2, 0.25) is 0 Å². The highest BCUT2D eigenvalue weighted by Gasteiger charge is 2.12. The first-order valence-electron chi connectivity index (χ1n) is 8.06. The second-order valence-electron chi connectivity index (χ2n) is 5.51. The van der Waals surface area contributed by atoms with E-state index in [0.717, 1.165) is 29.2 Å². The molecule has 0 saturated heterocycles. The van der Waals surface area contributed by atoms with Crippen LogP contribution in [-0.4, -0.2) is 40.9 Å². The van der Waals surface area contributed by atoms with Gasteiger partial charge in [-0.3, -0.25) is 14.5 Å². The molecule has 7 nitrogen and oxygen atoms in total. The second-order valence-corrected chi connectivity index (χ2v) is 5.51. The molecule has 0 aliphatic heterocycles. The molecule has 24 heavy (non-hydrogen) atoms. The molecule has 0 radical (unpaired) electrons. The second kappa shape index (κ2) is 8.44. The lowest BCUT2D eigenvalue weighted by Gasteiger charge is -2.09. The van der Waals surface area contributed by atoms with Crippen LogP contribution in [0, 0.1) is 13.8 Å². The Morgan fingerprint density at radius 1 is 1.38 bits per heavy atom. The predicted octanol–water partition coefficient (Wildman–Crippen LogP) is 1.90. The quantitative estimate of drug-likeness (QED) is 0.772. The normalized spacial score (nSPS) is 10.7. The van der Waals surface area contributed by atoms with Crippen molar-refractivity contribution in [3.8, 4) is 0 Å². The van der Waals surface area contributed by atoms with Crippen molar-refractivity contribution in [3.63, 3.8) is 0 Å². The van der Waals surface area contributed by atoms with Crippen molar-refractivity contribution in [1.29, 1.82) is 0 Å². The summed E-state index contributed by atoms with van der Waals surface area (Å²) in [5, 5.41) is 10.6. The van der Waals surface area contributed by atoms with Crippen LogP contribution in [0.5, 0.6) is 0 Å². The molecular formula is C17H25N5O2. The number of hydrogen-bond acceptors (Lipinski definition) is 5. The van der Waals surface area contributed by atoms with Crippen LogP contribution in [0.3, 0.4) is 0 Å². The summed E-state index contributed by atoms with van der Waals surface area (Å²) in [6, 6.07) is 3.60. The summed E-state index contributed by atoms with van der Waals surface area (Å²) < 4.78 is 7.07. The van der Waals surface area contributed by atoms with E-state index in [2.05, 4.69) is 27.6 Å². The number of pyridine rings is 1. The lowest BCUT2D eigenvalue weighted by molar-refractivity contribution is 0.0951. The van der Waals surface area contributed by atoms with Gasteiger partial charge in [-0.1, -0.05) is 0 Å². The van der Waals surface area contributed by atoms with E-state index in [1.165, 1.54) is 0 Å². The summed E-state index contributed by atoms with van der Waals surface area (Å²) >= 11 is 0. The number of hydrogen-bond donors (Lipinski definition) is 2. The number of aryl methyl sites for hydroxylation is 1. The van der Waals surface area contributed by atoms with Crippen molar-refractivity contribution in [3.05, 3.63) is 41.0 Å². The Hall–Kier alpha value is -2.41. The number of methoxy groups -OCH3 is 1. The summed E-state index contributed by atoms with van der Waals surface area (Å²) in [7, 11) is 1.68.